The predicted octanol–water partition coefficient (Wildman–Crippen LogP) is 3.15. The quantitative estimate of drug-likeness (QED) is 0.803. The van der Waals surface area contributed by atoms with Gasteiger partial charge in [0.25, 0.3) is 0 Å². The van der Waals surface area contributed by atoms with Gasteiger partial charge in [-0.2, -0.15) is 10.1 Å². The molecule has 0 saturated heterocycles. The second-order valence-electron chi connectivity index (χ2n) is 6.96. The van der Waals surface area contributed by atoms with E-state index in [9.17, 15) is 0 Å². The molecule has 1 saturated carbocycles. The first kappa shape index (κ1) is 17.7. The fourth-order valence-corrected chi connectivity index (χ4v) is 3.12. The number of nitrogens with zero attached hydrogens (tertiary/aromatic N) is 4. The lowest BCUT2D eigenvalue weighted by Gasteiger charge is -2.27. The van der Waals surface area contributed by atoms with Crippen molar-refractivity contribution in [3.8, 4) is 5.88 Å². The Bertz CT molecular complexity index is 663. The van der Waals surface area contributed by atoms with Gasteiger partial charge in [-0.25, -0.2) is 4.98 Å². The Morgan fingerprint density at radius 2 is 2.08 bits per heavy atom. The number of hydrogen-bond donors (Lipinski definition) is 2. The van der Waals surface area contributed by atoms with Crippen LogP contribution in [0.15, 0.2) is 24.7 Å². The average molecular weight is 344 g/mol. The van der Waals surface area contributed by atoms with Gasteiger partial charge < -0.3 is 15.4 Å². The summed E-state index contributed by atoms with van der Waals surface area (Å²) in [5, 5.41) is 10.8. The van der Waals surface area contributed by atoms with E-state index in [-0.39, 0.29) is 0 Å². The molecule has 1 aliphatic rings. The summed E-state index contributed by atoms with van der Waals surface area (Å²) in [6.45, 7) is 4.90. The van der Waals surface area contributed by atoms with Crippen molar-refractivity contribution in [2.24, 2.45) is 5.92 Å². The van der Waals surface area contributed by atoms with Crippen molar-refractivity contribution in [2.75, 3.05) is 19.0 Å². The standard InChI is InChI=1S/C18H28N6O/c1-13(2)24-11-16(10-21-24)22-18-20-9-8-17(23-18)25-12-14-4-6-15(19-3)7-5-14/h8-11,13-15,19H,4-7,12H2,1-3H3,(H,20,22,23). The molecule has 2 N–H and O–H groups in total. The van der Waals surface area contributed by atoms with Crippen molar-refractivity contribution >= 4 is 11.6 Å². The highest BCUT2D eigenvalue weighted by Gasteiger charge is 2.20. The highest BCUT2D eigenvalue weighted by atomic mass is 16.5. The van der Waals surface area contributed by atoms with Gasteiger partial charge in [-0.3, -0.25) is 4.68 Å². The van der Waals surface area contributed by atoms with E-state index in [0.29, 0.717) is 29.8 Å². The highest BCUT2D eigenvalue weighted by molar-refractivity contribution is 5.50. The van der Waals surface area contributed by atoms with Gasteiger partial charge >= 0.3 is 0 Å². The van der Waals surface area contributed by atoms with Crippen LogP contribution in [0.25, 0.3) is 0 Å². The predicted molar refractivity (Wildman–Crippen MR) is 98.2 cm³/mol. The van der Waals surface area contributed by atoms with E-state index in [4.69, 9.17) is 4.74 Å². The number of aromatic nitrogens is 4. The van der Waals surface area contributed by atoms with Crippen molar-refractivity contribution in [1.82, 2.24) is 25.1 Å². The Labute approximate surface area is 149 Å². The van der Waals surface area contributed by atoms with Crippen molar-refractivity contribution < 1.29 is 4.74 Å². The monoisotopic (exact) mass is 344 g/mol. The van der Waals surface area contributed by atoms with Crippen LogP contribution in [-0.2, 0) is 0 Å². The van der Waals surface area contributed by atoms with Gasteiger partial charge in [-0.15, -0.1) is 0 Å². The topological polar surface area (TPSA) is 76.9 Å². The second-order valence-corrected chi connectivity index (χ2v) is 6.96. The zero-order valence-electron chi connectivity index (χ0n) is 15.3. The number of nitrogens with one attached hydrogen (secondary N) is 2. The van der Waals surface area contributed by atoms with Crippen molar-refractivity contribution in [3.63, 3.8) is 0 Å². The molecule has 2 heterocycles. The van der Waals surface area contributed by atoms with Crippen LogP contribution in [0.4, 0.5) is 11.6 Å². The SMILES string of the molecule is CNC1CCC(COc2ccnc(Nc3cnn(C(C)C)c3)n2)CC1. The molecule has 0 spiro atoms. The molecular formula is C18H28N6O. The summed E-state index contributed by atoms with van der Waals surface area (Å²) in [4.78, 5) is 8.70. The van der Waals surface area contributed by atoms with Gasteiger partial charge in [-0.05, 0) is 52.5 Å². The summed E-state index contributed by atoms with van der Waals surface area (Å²) in [7, 11) is 2.04. The smallest absolute Gasteiger partial charge is 0.230 e. The molecule has 0 bridgehead atoms. The first-order chi connectivity index (χ1) is 12.1. The van der Waals surface area contributed by atoms with E-state index in [1.807, 2.05) is 24.0 Å². The normalized spacial score (nSPS) is 20.6. The molecular weight excluding hydrogens is 316 g/mol. The van der Waals surface area contributed by atoms with E-state index in [1.54, 1.807) is 12.4 Å². The molecule has 136 valence electrons. The van der Waals surface area contributed by atoms with Gasteiger partial charge in [0.1, 0.15) is 0 Å². The van der Waals surface area contributed by atoms with Crippen LogP contribution in [0.1, 0.15) is 45.6 Å². The largest absolute Gasteiger partial charge is 0.477 e. The third kappa shape index (κ3) is 4.92. The molecule has 0 amide bonds. The van der Waals surface area contributed by atoms with Crippen LogP contribution < -0.4 is 15.4 Å². The van der Waals surface area contributed by atoms with Crippen molar-refractivity contribution in [1.29, 1.82) is 0 Å². The second kappa shape index (κ2) is 8.29. The maximum Gasteiger partial charge on any atom is 0.230 e. The van der Waals surface area contributed by atoms with Crippen LogP contribution in [-0.4, -0.2) is 39.4 Å². The Hall–Kier alpha value is -2.15. The Kier molecular flexibility index (Phi) is 5.86. The lowest BCUT2D eigenvalue weighted by molar-refractivity contribution is 0.189. The Morgan fingerprint density at radius 1 is 1.28 bits per heavy atom. The summed E-state index contributed by atoms with van der Waals surface area (Å²) in [6, 6.07) is 2.80. The minimum Gasteiger partial charge on any atom is -0.477 e. The number of hydrogen-bond acceptors (Lipinski definition) is 6. The minimum atomic E-state index is 0.323. The lowest BCUT2D eigenvalue weighted by Crippen LogP contribution is -2.31. The third-order valence-corrected chi connectivity index (χ3v) is 4.74. The molecule has 7 heteroatoms. The van der Waals surface area contributed by atoms with E-state index in [2.05, 4.69) is 39.5 Å². The first-order valence-corrected chi connectivity index (χ1v) is 9.08. The van der Waals surface area contributed by atoms with Crippen molar-refractivity contribution in [3.05, 3.63) is 24.7 Å². The van der Waals surface area contributed by atoms with E-state index in [0.717, 1.165) is 12.3 Å². The summed E-state index contributed by atoms with van der Waals surface area (Å²) >= 11 is 0. The van der Waals surface area contributed by atoms with Crippen LogP contribution in [0, 0.1) is 5.92 Å². The summed E-state index contributed by atoms with van der Waals surface area (Å²) < 4.78 is 7.80. The Balaban J connectivity index is 1.52. The molecule has 2 aromatic heterocycles. The van der Waals surface area contributed by atoms with Crippen molar-refractivity contribution in [2.45, 2.75) is 51.6 Å². The molecule has 1 aliphatic carbocycles. The summed E-state index contributed by atoms with van der Waals surface area (Å²) in [5.41, 5.74) is 0.872. The van der Waals surface area contributed by atoms with Crippen LogP contribution in [0.5, 0.6) is 5.88 Å². The maximum absolute atomic E-state index is 5.90. The maximum atomic E-state index is 5.90. The summed E-state index contributed by atoms with van der Waals surface area (Å²) in [6.07, 6.45) is 10.3. The molecule has 1 fully saturated rings. The average Bonchev–Trinajstić information content (AvgIpc) is 3.09. The molecule has 0 unspecified atom stereocenters. The van der Waals surface area contributed by atoms with E-state index in [1.165, 1.54) is 25.7 Å². The van der Waals surface area contributed by atoms with Gasteiger partial charge in [0.2, 0.25) is 11.8 Å². The van der Waals surface area contributed by atoms with E-state index < -0.39 is 0 Å². The fraction of sp³-hybridized carbons (Fsp3) is 0.611. The number of anilines is 2. The molecule has 0 aliphatic heterocycles. The fourth-order valence-electron chi connectivity index (χ4n) is 3.12. The zero-order valence-corrected chi connectivity index (χ0v) is 15.3. The zero-order chi connectivity index (χ0) is 17.6. The molecule has 0 atom stereocenters. The van der Waals surface area contributed by atoms with Crippen LogP contribution in [0.2, 0.25) is 0 Å². The van der Waals surface area contributed by atoms with Gasteiger partial charge in [0.15, 0.2) is 0 Å². The molecule has 0 aromatic carbocycles. The van der Waals surface area contributed by atoms with Crippen LogP contribution >= 0.6 is 0 Å². The van der Waals surface area contributed by atoms with Gasteiger partial charge in [0.05, 0.1) is 18.5 Å². The van der Waals surface area contributed by atoms with Crippen LogP contribution in [0.3, 0.4) is 0 Å². The molecule has 7 nitrogen and oxygen atoms in total. The lowest BCUT2D eigenvalue weighted by atomic mass is 9.87. The van der Waals surface area contributed by atoms with E-state index >= 15 is 0 Å². The Morgan fingerprint density at radius 3 is 2.76 bits per heavy atom. The highest BCUT2D eigenvalue weighted by Crippen LogP contribution is 2.25. The number of rotatable bonds is 7. The van der Waals surface area contributed by atoms with Gasteiger partial charge in [-0.1, -0.05) is 0 Å². The summed E-state index contributed by atoms with van der Waals surface area (Å²) in [5.74, 6) is 1.75. The van der Waals surface area contributed by atoms with Gasteiger partial charge in [0, 0.05) is 30.5 Å². The molecule has 3 rings (SSSR count). The molecule has 2 aromatic rings. The molecule has 0 radical (unpaired) electrons. The third-order valence-electron chi connectivity index (χ3n) is 4.74. The first-order valence-electron chi connectivity index (χ1n) is 9.08. The number of ether oxygens (including phenoxy) is 1. The minimum absolute atomic E-state index is 0.323. The molecule has 25 heavy (non-hydrogen) atoms.